The number of hydrogen-bond donors (Lipinski definition) is 0. The van der Waals surface area contributed by atoms with Crippen molar-refractivity contribution in [1.82, 2.24) is 4.90 Å². The van der Waals surface area contributed by atoms with Crippen molar-refractivity contribution in [1.29, 1.82) is 0 Å². The van der Waals surface area contributed by atoms with Crippen molar-refractivity contribution < 1.29 is 23.4 Å². The van der Waals surface area contributed by atoms with Gasteiger partial charge in [-0.1, -0.05) is 42.5 Å². The highest BCUT2D eigenvalue weighted by atomic mass is 16.5. The first kappa shape index (κ1) is 25.4. The zero-order valence-corrected chi connectivity index (χ0v) is 21.9. The van der Waals surface area contributed by atoms with Crippen LogP contribution in [0.1, 0.15) is 36.3 Å². The summed E-state index contributed by atoms with van der Waals surface area (Å²) in [7, 11) is 4.76. The molecule has 1 saturated heterocycles. The number of nitrogens with zero attached hydrogens (tertiary/aromatic N) is 1. The van der Waals surface area contributed by atoms with Gasteiger partial charge in [0.25, 0.3) is 0 Å². The van der Waals surface area contributed by atoms with Crippen molar-refractivity contribution in [3.63, 3.8) is 0 Å². The van der Waals surface area contributed by atoms with E-state index in [0.717, 1.165) is 37.1 Å². The van der Waals surface area contributed by atoms with Crippen molar-refractivity contribution >= 4 is 16.9 Å². The van der Waals surface area contributed by atoms with Crippen LogP contribution in [0.5, 0.6) is 17.2 Å². The Morgan fingerprint density at radius 2 is 1.58 bits per heavy atom. The predicted molar refractivity (Wildman–Crippen MR) is 146 cm³/mol. The van der Waals surface area contributed by atoms with Crippen LogP contribution in [0.15, 0.2) is 75.9 Å². The zero-order valence-electron chi connectivity index (χ0n) is 21.9. The van der Waals surface area contributed by atoms with E-state index in [-0.39, 0.29) is 12.3 Å². The molecule has 0 bridgehead atoms. The molecule has 0 N–H and O–H groups in total. The minimum absolute atomic E-state index is 0.0518. The summed E-state index contributed by atoms with van der Waals surface area (Å²) in [5.74, 6) is 1.32. The molecule has 1 aliphatic rings. The van der Waals surface area contributed by atoms with Crippen molar-refractivity contribution in [3.05, 3.63) is 88.3 Å². The molecule has 7 nitrogen and oxygen atoms in total. The van der Waals surface area contributed by atoms with Gasteiger partial charge in [0.05, 0.1) is 26.7 Å². The topological polar surface area (TPSA) is 78.2 Å². The summed E-state index contributed by atoms with van der Waals surface area (Å²) < 4.78 is 22.9. The number of ether oxygens (including phenoxy) is 3. The van der Waals surface area contributed by atoms with Gasteiger partial charge in [0, 0.05) is 48.7 Å². The average Bonchev–Trinajstić information content (AvgIpc) is 3.51. The molecule has 38 heavy (non-hydrogen) atoms. The summed E-state index contributed by atoms with van der Waals surface area (Å²) in [6.45, 7) is 1.50. The van der Waals surface area contributed by atoms with Gasteiger partial charge in [-0.15, -0.1) is 0 Å². The molecular formula is C31H31NO6. The van der Waals surface area contributed by atoms with Gasteiger partial charge in [-0.05, 0) is 36.1 Å². The Hall–Kier alpha value is -4.26. The third-order valence-corrected chi connectivity index (χ3v) is 7.21. The molecule has 3 aromatic carbocycles. The highest BCUT2D eigenvalue weighted by Crippen LogP contribution is 2.46. The molecule has 2 heterocycles. The Balaban J connectivity index is 1.79. The number of amides is 1. The van der Waals surface area contributed by atoms with Crippen LogP contribution in [0.3, 0.4) is 0 Å². The fourth-order valence-corrected chi connectivity index (χ4v) is 5.31. The van der Waals surface area contributed by atoms with E-state index in [1.165, 1.54) is 6.07 Å². The van der Waals surface area contributed by atoms with E-state index in [1.807, 2.05) is 59.5 Å². The first-order valence-corrected chi connectivity index (χ1v) is 12.7. The molecule has 1 aromatic heterocycles. The molecule has 1 amide bonds. The van der Waals surface area contributed by atoms with Crippen LogP contribution in [0.25, 0.3) is 22.1 Å². The molecule has 7 heteroatoms. The van der Waals surface area contributed by atoms with E-state index >= 15 is 0 Å². The van der Waals surface area contributed by atoms with Crippen LogP contribution < -0.4 is 19.8 Å². The van der Waals surface area contributed by atoms with Gasteiger partial charge < -0.3 is 23.5 Å². The molecule has 0 spiro atoms. The Morgan fingerprint density at radius 3 is 2.21 bits per heavy atom. The third-order valence-electron chi connectivity index (χ3n) is 7.21. The summed E-state index contributed by atoms with van der Waals surface area (Å²) in [5.41, 5.74) is 2.92. The Labute approximate surface area is 221 Å². The van der Waals surface area contributed by atoms with Gasteiger partial charge in [0.1, 0.15) is 22.8 Å². The molecule has 1 fully saturated rings. The van der Waals surface area contributed by atoms with E-state index in [9.17, 15) is 9.59 Å². The second-order valence-electron chi connectivity index (χ2n) is 9.36. The highest BCUT2D eigenvalue weighted by molar-refractivity contribution is 6.01. The molecule has 196 valence electrons. The maximum atomic E-state index is 13.5. The maximum absolute atomic E-state index is 13.5. The van der Waals surface area contributed by atoms with Gasteiger partial charge >= 0.3 is 5.63 Å². The van der Waals surface area contributed by atoms with Gasteiger partial charge in [-0.3, -0.25) is 4.79 Å². The highest BCUT2D eigenvalue weighted by Gasteiger charge is 2.31. The molecular weight excluding hydrogens is 482 g/mol. The lowest BCUT2D eigenvalue weighted by Gasteiger charge is -2.25. The van der Waals surface area contributed by atoms with Crippen molar-refractivity contribution in [2.45, 2.75) is 25.2 Å². The SMILES string of the molecule is COc1ccc([C@@H](CC(=O)N2CCCC2)c2c(OC)cc(OC)c3c(-c4ccccc4)cc(=O)oc23)cc1. The van der Waals surface area contributed by atoms with Crippen LogP contribution in [0, 0.1) is 0 Å². The van der Waals surface area contributed by atoms with Crippen LogP contribution in [-0.4, -0.2) is 45.2 Å². The van der Waals surface area contributed by atoms with Crippen LogP contribution in [-0.2, 0) is 4.79 Å². The number of rotatable bonds is 8. The minimum atomic E-state index is -0.493. The normalized spacial score (nSPS) is 13.9. The fraction of sp³-hybridized carbons (Fsp3) is 0.290. The molecule has 1 aliphatic heterocycles. The standard InChI is InChI=1S/C31H31NO6/c1-35-22-13-11-21(12-14-22)23(17-27(33)32-15-7-8-16-32)29-25(36-2)19-26(37-3)30-24(18-28(34)38-31(29)30)20-9-5-4-6-10-20/h4-6,9-14,18-19,23H,7-8,15-17H2,1-3H3/t23-/m1/s1. The number of hydrogen-bond acceptors (Lipinski definition) is 6. The summed E-state index contributed by atoms with van der Waals surface area (Å²) in [6.07, 6.45) is 2.20. The van der Waals surface area contributed by atoms with Gasteiger partial charge in [-0.2, -0.15) is 0 Å². The molecule has 1 atom stereocenters. The number of carbonyl (C=O) groups is 1. The smallest absolute Gasteiger partial charge is 0.336 e. The monoisotopic (exact) mass is 513 g/mol. The third kappa shape index (κ3) is 4.84. The van der Waals surface area contributed by atoms with Crippen molar-refractivity contribution in [2.24, 2.45) is 0 Å². The number of carbonyl (C=O) groups excluding carboxylic acids is 1. The Kier molecular flexibility index (Phi) is 7.36. The van der Waals surface area contributed by atoms with E-state index in [2.05, 4.69) is 0 Å². The van der Waals surface area contributed by atoms with Crippen LogP contribution in [0.4, 0.5) is 0 Å². The summed E-state index contributed by atoms with van der Waals surface area (Å²) in [5, 5.41) is 0.654. The Bertz CT molecular complexity index is 1490. The zero-order chi connectivity index (χ0) is 26.6. The lowest BCUT2D eigenvalue weighted by Crippen LogP contribution is -2.29. The average molecular weight is 514 g/mol. The molecule has 0 saturated carbocycles. The van der Waals surface area contributed by atoms with Crippen molar-refractivity contribution in [2.75, 3.05) is 34.4 Å². The Morgan fingerprint density at radius 1 is 0.895 bits per heavy atom. The second-order valence-corrected chi connectivity index (χ2v) is 9.36. The van der Waals surface area contributed by atoms with Crippen molar-refractivity contribution in [3.8, 4) is 28.4 Å². The number of benzene rings is 3. The predicted octanol–water partition coefficient (Wildman–Crippen LogP) is 5.63. The lowest BCUT2D eigenvalue weighted by atomic mass is 9.85. The van der Waals surface area contributed by atoms with E-state index < -0.39 is 11.5 Å². The van der Waals surface area contributed by atoms with E-state index in [1.54, 1.807) is 27.4 Å². The molecule has 0 unspecified atom stereocenters. The van der Waals surface area contributed by atoms with Crippen LogP contribution in [0.2, 0.25) is 0 Å². The first-order valence-electron chi connectivity index (χ1n) is 12.7. The number of fused-ring (bicyclic) bond motifs is 1. The molecule has 0 aliphatic carbocycles. The van der Waals surface area contributed by atoms with Crippen LogP contribution >= 0.6 is 0 Å². The summed E-state index contributed by atoms with van der Waals surface area (Å²) in [4.78, 5) is 28.3. The first-order chi connectivity index (χ1) is 18.5. The second kappa shape index (κ2) is 11.0. The van der Waals surface area contributed by atoms with Gasteiger partial charge in [0.2, 0.25) is 5.91 Å². The number of methoxy groups -OCH3 is 3. The van der Waals surface area contributed by atoms with E-state index in [0.29, 0.717) is 39.3 Å². The minimum Gasteiger partial charge on any atom is -0.497 e. The lowest BCUT2D eigenvalue weighted by molar-refractivity contribution is -0.130. The molecule has 0 radical (unpaired) electrons. The molecule has 4 aromatic rings. The number of likely N-dealkylation sites (tertiary alicyclic amines) is 1. The van der Waals surface area contributed by atoms with Gasteiger partial charge in [-0.25, -0.2) is 4.79 Å². The quantitative estimate of drug-likeness (QED) is 0.284. The van der Waals surface area contributed by atoms with E-state index in [4.69, 9.17) is 18.6 Å². The largest absolute Gasteiger partial charge is 0.497 e. The maximum Gasteiger partial charge on any atom is 0.336 e. The summed E-state index contributed by atoms with van der Waals surface area (Å²) >= 11 is 0. The summed E-state index contributed by atoms with van der Waals surface area (Å²) in [6, 6.07) is 20.5. The molecule has 5 rings (SSSR count). The van der Waals surface area contributed by atoms with Gasteiger partial charge in [0.15, 0.2) is 0 Å². The fourth-order valence-electron chi connectivity index (χ4n) is 5.31.